The van der Waals surface area contributed by atoms with Gasteiger partial charge >= 0.3 is 0 Å². The van der Waals surface area contributed by atoms with Crippen LogP contribution in [0.4, 0.5) is 5.69 Å². The van der Waals surface area contributed by atoms with Crippen molar-refractivity contribution >= 4 is 27.5 Å². The number of hydrogen-bond acceptors (Lipinski definition) is 4. The highest BCUT2D eigenvalue weighted by Gasteiger charge is 2.15. The molecule has 0 radical (unpaired) electrons. The standard InChI is InChI=1S/C10H16N2O2S2/c1-3-6-15-8-4-5-10(9(11)7-8)16(13,14)12-2/h4-5,7,12H,3,6,11H2,1-2H3. The van der Waals surface area contributed by atoms with Crippen molar-refractivity contribution in [1.82, 2.24) is 4.72 Å². The van der Waals surface area contributed by atoms with Crippen LogP contribution in [0.25, 0.3) is 0 Å². The van der Waals surface area contributed by atoms with Crippen molar-refractivity contribution in [2.24, 2.45) is 0 Å². The Hall–Kier alpha value is -0.720. The van der Waals surface area contributed by atoms with E-state index in [-0.39, 0.29) is 10.6 Å². The SMILES string of the molecule is CCCSc1ccc(S(=O)(=O)NC)c(N)c1. The summed E-state index contributed by atoms with van der Waals surface area (Å²) in [5, 5.41) is 0. The molecule has 90 valence electrons. The highest BCUT2D eigenvalue weighted by Crippen LogP contribution is 2.26. The number of benzene rings is 1. The molecule has 1 aromatic carbocycles. The van der Waals surface area contributed by atoms with Crippen LogP contribution in [-0.4, -0.2) is 21.2 Å². The second-order valence-electron chi connectivity index (χ2n) is 3.26. The lowest BCUT2D eigenvalue weighted by molar-refractivity contribution is 0.588. The maximum atomic E-state index is 11.5. The van der Waals surface area contributed by atoms with Gasteiger partial charge < -0.3 is 5.73 Å². The van der Waals surface area contributed by atoms with Crippen LogP contribution in [0, 0.1) is 0 Å². The van der Waals surface area contributed by atoms with Crippen LogP contribution in [-0.2, 0) is 10.0 Å². The quantitative estimate of drug-likeness (QED) is 0.624. The Bertz CT molecular complexity index is 458. The maximum Gasteiger partial charge on any atom is 0.242 e. The average molecular weight is 260 g/mol. The van der Waals surface area contributed by atoms with E-state index in [1.54, 1.807) is 30.0 Å². The summed E-state index contributed by atoms with van der Waals surface area (Å²) in [6.45, 7) is 2.09. The lowest BCUT2D eigenvalue weighted by Gasteiger charge is -2.07. The number of thioether (sulfide) groups is 1. The molecule has 0 aliphatic rings. The van der Waals surface area contributed by atoms with Crippen molar-refractivity contribution in [1.29, 1.82) is 0 Å². The number of hydrogen-bond donors (Lipinski definition) is 2. The predicted molar refractivity (Wildman–Crippen MR) is 68.1 cm³/mol. The molecule has 6 heteroatoms. The van der Waals surface area contributed by atoms with Crippen LogP contribution in [0.1, 0.15) is 13.3 Å². The molecule has 0 spiro atoms. The summed E-state index contributed by atoms with van der Waals surface area (Å²) in [5.41, 5.74) is 6.01. The van der Waals surface area contributed by atoms with Crippen molar-refractivity contribution < 1.29 is 8.42 Å². The number of rotatable bonds is 5. The van der Waals surface area contributed by atoms with Crippen LogP contribution < -0.4 is 10.5 Å². The number of nitrogens with one attached hydrogen (secondary N) is 1. The molecule has 0 bridgehead atoms. The number of sulfonamides is 1. The van der Waals surface area contributed by atoms with Crippen LogP contribution in [0.3, 0.4) is 0 Å². The van der Waals surface area contributed by atoms with E-state index < -0.39 is 10.0 Å². The van der Waals surface area contributed by atoms with Crippen molar-refractivity contribution in [3.8, 4) is 0 Å². The minimum atomic E-state index is -3.45. The number of nitrogens with two attached hydrogens (primary N) is 1. The van der Waals surface area contributed by atoms with Gasteiger partial charge in [-0.25, -0.2) is 13.1 Å². The van der Waals surface area contributed by atoms with Gasteiger partial charge in [-0.15, -0.1) is 11.8 Å². The van der Waals surface area contributed by atoms with Gasteiger partial charge in [0, 0.05) is 4.90 Å². The second kappa shape index (κ2) is 5.56. The van der Waals surface area contributed by atoms with Gasteiger partial charge in [-0.05, 0) is 37.4 Å². The third kappa shape index (κ3) is 3.13. The minimum Gasteiger partial charge on any atom is -0.398 e. The largest absolute Gasteiger partial charge is 0.398 e. The monoisotopic (exact) mass is 260 g/mol. The van der Waals surface area contributed by atoms with E-state index in [9.17, 15) is 8.42 Å². The molecule has 0 aliphatic heterocycles. The van der Waals surface area contributed by atoms with Crippen LogP contribution in [0.2, 0.25) is 0 Å². The zero-order valence-corrected chi connectivity index (χ0v) is 11.0. The Labute approximate surface area is 101 Å². The van der Waals surface area contributed by atoms with Gasteiger partial charge in [0.2, 0.25) is 10.0 Å². The van der Waals surface area contributed by atoms with Crippen molar-refractivity contribution in [3.05, 3.63) is 18.2 Å². The number of anilines is 1. The molecule has 0 saturated heterocycles. The summed E-state index contributed by atoms with van der Waals surface area (Å²) in [5.74, 6) is 0.998. The summed E-state index contributed by atoms with van der Waals surface area (Å²) < 4.78 is 25.3. The van der Waals surface area contributed by atoms with E-state index in [0.717, 1.165) is 17.1 Å². The lowest BCUT2D eigenvalue weighted by atomic mass is 10.3. The molecule has 0 saturated carbocycles. The van der Waals surface area contributed by atoms with E-state index in [1.807, 2.05) is 0 Å². The summed E-state index contributed by atoms with van der Waals surface area (Å²) in [6, 6.07) is 5.02. The summed E-state index contributed by atoms with van der Waals surface area (Å²) in [6.07, 6.45) is 1.07. The van der Waals surface area contributed by atoms with Gasteiger partial charge in [-0.1, -0.05) is 6.92 Å². The fraction of sp³-hybridized carbons (Fsp3) is 0.400. The van der Waals surface area contributed by atoms with E-state index in [4.69, 9.17) is 5.73 Å². The van der Waals surface area contributed by atoms with Gasteiger partial charge in [-0.3, -0.25) is 0 Å². The Morgan fingerprint density at radius 2 is 2.12 bits per heavy atom. The molecule has 1 rings (SSSR count). The van der Waals surface area contributed by atoms with Gasteiger partial charge in [0.1, 0.15) is 4.90 Å². The van der Waals surface area contributed by atoms with E-state index in [0.29, 0.717) is 0 Å². The third-order valence-electron chi connectivity index (χ3n) is 2.01. The first kappa shape index (κ1) is 13.3. The van der Waals surface area contributed by atoms with Crippen molar-refractivity contribution in [3.63, 3.8) is 0 Å². The summed E-state index contributed by atoms with van der Waals surface area (Å²) in [7, 11) is -2.08. The third-order valence-corrected chi connectivity index (χ3v) is 4.70. The Morgan fingerprint density at radius 3 is 2.62 bits per heavy atom. The fourth-order valence-electron chi connectivity index (χ4n) is 1.19. The zero-order valence-electron chi connectivity index (χ0n) is 9.36. The molecule has 4 nitrogen and oxygen atoms in total. The van der Waals surface area contributed by atoms with E-state index in [1.165, 1.54) is 7.05 Å². The molecule has 0 unspecified atom stereocenters. The van der Waals surface area contributed by atoms with Gasteiger partial charge in [0.15, 0.2) is 0 Å². The highest BCUT2D eigenvalue weighted by molar-refractivity contribution is 7.99. The molecule has 3 N–H and O–H groups in total. The highest BCUT2D eigenvalue weighted by atomic mass is 32.2. The zero-order chi connectivity index (χ0) is 12.2. The Morgan fingerprint density at radius 1 is 1.44 bits per heavy atom. The Kier molecular flexibility index (Phi) is 4.64. The van der Waals surface area contributed by atoms with Crippen molar-refractivity contribution in [2.45, 2.75) is 23.1 Å². The van der Waals surface area contributed by atoms with Crippen LogP contribution >= 0.6 is 11.8 Å². The predicted octanol–water partition coefficient (Wildman–Crippen LogP) is 1.68. The number of nitrogen functional groups attached to an aromatic ring is 1. The Balaban J connectivity index is 3.01. The molecular formula is C10H16N2O2S2. The molecule has 0 heterocycles. The van der Waals surface area contributed by atoms with E-state index >= 15 is 0 Å². The first-order valence-electron chi connectivity index (χ1n) is 4.97. The fourth-order valence-corrected chi connectivity index (χ4v) is 2.84. The van der Waals surface area contributed by atoms with Gasteiger partial charge in [0.05, 0.1) is 5.69 Å². The van der Waals surface area contributed by atoms with Crippen LogP contribution in [0.15, 0.2) is 28.0 Å². The van der Waals surface area contributed by atoms with Gasteiger partial charge in [-0.2, -0.15) is 0 Å². The molecular weight excluding hydrogens is 244 g/mol. The average Bonchev–Trinajstić information content (AvgIpc) is 2.26. The summed E-state index contributed by atoms with van der Waals surface area (Å²) >= 11 is 1.67. The molecule has 16 heavy (non-hydrogen) atoms. The molecule has 0 aliphatic carbocycles. The summed E-state index contributed by atoms with van der Waals surface area (Å²) in [4.78, 5) is 1.13. The molecule has 0 amide bonds. The van der Waals surface area contributed by atoms with Crippen LogP contribution in [0.5, 0.6) is 0 Å². The maximum absolute atomic E-state index is 11.5. The first-order chi connectivity index (χ1) is 7.51. The molecule has 1 aromatic rings. The minimum absolute atomic E-state index is 0.135. The van der Waals surface area contributed by atoms with Gasteiger partial charge in [0.25, 0.3) is 0 Å². The van der Waals surface area contributed by atoms with Crippen molar-refractivity contribution in [2.75, 3.05) is 18.5 Å². The van der Waals surface area contributed by atoms with E-state index in [2.05, 4.69) is 11.6 Å². The smallest absolute Gasteiger partial charge is 0.242 e. The second-order valence-corrected chi connectivity index (χ2v) is 6.28. The normalized spacial score (nSPS) is 11.6. The topological polar surface area (TPSA) is 72.2 Å². The lowest BCUT2D eigenvalue weighted by Crippen LogP contribution is -2.19. The molecule has 0 aromatic heterocycles. The molecule has 0 fully saturated rings. The molecule has 0 atom stereocenters. The first-order valence-corrected chi connectivity index (χ1v) is 7.44.